The van der Waals surface area contributed by atoms with E-state index in [4.69, 9.17) is 22.4 Å². The van der Waals surface area contributed by atoms with E-state index in [-0.39, 0.29) is 27.9 Å². The van der Waals surface area contributed by atoms with Crippen LogP contribution in [0, 0.1) is 5.82 Å². The minimum atomic E-state index is -1.19. The summed E-state index contributed by atoms with van der Waals surface area (Å²) in [6.07, 6.45) is 0. The van der Waals surface area contributed by atoms with Crippen molar-refractivity contribution in [1.29, 1.82) is 0 Å². The largest absolute Gasteiger partial charge is 0.477 e. The van der Waals surface area contributed by atoms with Gasteiger partial charge in [0.1, 0.15) is 5.82 Å². The highest BCUT2D eigenvalue weighted by Crippen LogP contribution is 2.28. The van der Waals surface area contributed by atoms with E-state index in [1.165, 1.54) is 24.3 Å². The number of nitrogen functional groups attached to an aromatic ring is 1. The van der Waals surface area contributed by atoms with Gasteiger partial charge in [0.15, 0.2) is 11.5 Å². The SMILES string of the molecule is Nc1ccc(C(=O)O)nc1Nc1cc(F)ccc1Cl. The van der Waals surface area contributed by atoms with Crippen molar-refractivity contribution in [3.8, 4) is 0 Å². The standard InChI is InChI=1S/C12H9ClFN3O2/c13-7-2-1-6(14)5-10(7)17-11-8(15)3-4-9(16-11)12(18)19/h1-5H,15H2,(H,16,17)(H,18,19). The lowest BCUT2D eigenvalue weighted by Crippen LogP contribution is -2.06. The number of carboxylic acid groups (broad SMARTS) is 1. The molecule has 0 saturated carbocycles. The lowest BCUT2D eigenvalue weighted by atomic mass is 10.2. The molecule has 0 aliphatic heterocycles. The van der Waals surface area contributed by atoms with Gasteiger partial charge in [-0.15, -0.1) is 0 Å². The lowest BCUT2D eigenvalue weighted by molar-refractivity contribution is 0.0690. The zero-order valence-corrected chi connectivity index (χ0v) is 10.3. The number of anilines is 3. The second-order valence-corrected chi connectivity index (χ2v) is 4.10. The molecule has 0 fully saturated rings. The van der Waals surface area contributed by atoms with Crippen LogP contribution in [0.1, 0.15) is 10.5 Å². The molecule has 2 rings (SSSR count). The van der Waals surface area contributed by atoms with Crippen molar-refractivity contribution >= 4 is 34.8 Å². The van der Waals surface area contributed by atoms with E-state index in [2.05, 4.69) is 10.3 Å². The molecule has 19 heavy (non-hydrogen) atoms. The molecule has 0 atom stereocenters. The van der Waals surface area contributed by atoms with Gasteiger partial charge < -0.3 is 16.2 Å². The molecule has 0 radical (unpaired) electrons. The molecule has 0 aliphatic carbocycles. The van der Waals surface area contributed by atoms with Crippen molar-refractivity contribution < 1.29 is 14.3 Å². The number of hydrogen-bond acceptors (Lipinski definition) is 4. The molecule has 4 N–H and O–H groups in total. The van der Waals surface area contributed by atoms with Gasteiger partial charge in [-0.1, -0.05) is 11.6 Å². The lowest BCUT2D eigenvalue weighted by Gasteiger charge is -2.10. The van der Waals surface area contributed by atoms with Crippen molar-refractivity contribution in [2.75, 3.05) is 11.1 Å². The normalized spacial score (nSPS) is 10.2. The molecule has 98 valence electrons. The molecule has 1 heterocycles. The third-order valence-electron chi connectivity index (χ3n) is 2.33. The Hall–Kier alpha value is -2.34. The zero-order valence-electron chi connectivity index (χ0n) is 9.52. The first-order valence-corrected chi connectivity index (χ1v) is 5.57. The third-order valence-corrected chi connectivity index (χ3v) is 2.66. The Balaban J connectivity index is 2.40. The summed E-state index contributed by atoms with van der Waals surface area (Å²) in [6, 6.07) is 6.41. The fourth-order valence-electron chi connectivity index (χ4n) is 1.41. The summed E-state index contributed by atoms with van der Waals surface area (Å²) in [4.78, 5) is 14.6. The van der Waals surface area contributed by atoms with Gasteiger partial charge >= 0.3 is 5.97 Å². The van der Waals surface area contributed by atoms with Crippen LogP contribution < -0.4 is 11.1 Å². The fraction of sp³-hybridized carbons (Fsp3) is 0. The Labute approximate surface area is 112 Å². The van der Waals surface area contributed by atoms with Gasteiger partial charge in [0.2, 0.25) is 0 Å². The average Bonchev–Trinajstić information content (AvgIpc) is 2.36. The van der Waals surface area contributed by atoms with Crippen molar-refractivity contribution in [2.24, 2.45) is 0 Å². The molecule has 1 aromatic heterocycles. The first-order valence-electron chi connectivity index (χ1n) is 5.19. The summed E-state index contributed by atoms with van der Waals surface area (Å²) in [5.74, 6) is -1.57. The Bertz CT molecular complexity index is 649. The summed E-state index contributed by atoms with van der Waals surface area (Å²) in [5, 5.41) is 11.8. The van der Waals surface area contributed by atoms with Crippen molar-refractivity contribution in [2.45, 2.75) is 0 Å². The number of nitrogens with one attached hydrogen (secondary N) is 1. The third kappa shape index (κ3) is 2.92. The molecule has 0 bridgehead atoms. The van der Waals surface area contributed by atoms with Gasteiger partial charge in [-0.2, -0.15) is 0 Å². The molecule has 0 unspecified atom stereocenters. The number of benzene rings is 1. The maximum atomic E-state index is 13.1. The number of pyridine rings is 1. The number of hydrogen-bond donors (Lipinski definition) is 3. The summed E-state index contributed by atoms with van der Waals surface area (Å²) in [5.41, 5.74) is 5.97. The van der Waals surface area contributed by atoms with Gasteiger partial charge in [-0.3, -0.25) is 0 Å². The minimum Gasteiger partial charge on any atom is -0.477 e. The van der Waals surface area contributed by atoms with Crippen molar-refractivity contribution in [3.63, 3.8) is 0 Å². The van der Waals surface area contributed by atoms with Crippen LogP contribution in [0.3, 0.4) is 0 Å². The van der Waals surface area contributed by atoms with E-state index in [1.807, 2.05) is 0 Å². The van der Waals surface area contributed by atoms with Gasteiger partial charge in [0.25, 0.3) is 0 Å². The Morgan fingerprint density at radius 3 is 2.79 bits per heavy atom. The van der Waals surface area contributed by atoms with Crippen molar-refractivity contribution in [3.05, 3.63) is 46.9 Å². The second-order valence-electron chi connectivity index (χ2n) is 3.69. The number of halogens is 2. The Morgan fingerprint density at radius 2 is 2.11 bits per heavy atom. The van der Waals surface area contributed by atoms with Gasteiger partial charge in [-0.05, 0) is 30.3 Å². The van der Waals surface area contributed by atoms with E-state index >= 15 is 0 Å². The number of nitrogens with two attached hydrogens (primary N) is 1. The van der Waals surface area contributed by atoms with Crippen LogP contribution in [0.5, 0.6) is 0 Å². The van der Waals surface area contributed by atoms with Crippen molar-refractivity contribution in [1.82, 2.24) is 4.98 Å². The van der Waals surface area contributed by atoms with Gasteiger partial charge in [0, 0.05) is 0 Å². The predicted octanol–water partition coefficient (Wildman–Crippen LogP) is 2.90. The maximum absolute atomic E-state index is 13.1. The minimum absolute atomic E-state index is 0.104. The monoisotopic (exact) mass is 281 g/mol. The molecule has 5 nitrogen and oxygen atoms in total. The molecule has 0 saturated heterocycles. The first kappa shape index (κ1) is 13.1. The molecular formula is C12H9ClFN3O2. The smallest absolute Gasteiger partial charge is 0.354 e. The highest BCUT2D eigenvalue weighted by Gasteiger charge is 2.10. The van der Waals surface area contributed by atoms with E-state index < -0.39 is 11.8 Å². The van der Waals surface area contributed by atoms with Crippen LogP contribution in [0.4, 0.5) is 21.6 Å². The molecule has 0 amide bonds. The average molecular weight is 282 g/mol. The number of carbonyl (C=O) groups is 1. The summed E-state index contributed by atoms with van der Waals surface area (Å²) in [6.45, 7) is 0. The van der Waals surface area contributed by atoms with Crippen LogP contribution in [0.15, 0.2) is 30.3 Å². The van der Waals surface area contributed by atoms with Crippen LogP contribution in [0.2, 0.25) is 5.02 Å². The second kappa shape index (κ2) is 5.11. The predicted molar refractivity (Wildman–Crippen MR) is 70.3 cm³/mol. The fourth-order valence-corrected chi connectivity index (χ4v) is 1.57. The number of rotatable bonds is 3. The summed E-state index contributed by atoms with van der Waals surface area (Å²) < 4.78 is 13.1. The Morgan fingerprint density at radius 1 is 1.37 bits per heavy atom. The number of aromatic carboxylic acids is 1. The first-order chi connectivity index (χ1) is 8.97. The molecule has 7 heteroatoms. The Kier molecular flexibility index (Phi) is 3.52. The van der Waals surface area contributed by atoms with E-state index in [1.54, 1.807) is 0 Å². The molecular weight excluding hydrogens is 273 g/mol. The van der Waals surface area contributed by atoms with E-state index in [0.29, 0.717) is 0 Å². The summed E-state index contributed by atoms with van der Waals surface area (Å²) >= 11 is 5.89. The topological polar surface area (TPSA) is 88.2 Å². The van der Waals surface area contributed by atoms with Crippen LogP contribution in [-0.4, -0.2) is 16.1 Å². The van der Waals surface area contributed by atoms with E-state index in [9.17, 15) is 9.18 Å². The molecule has 1 aromatic carbocycles. The van der Waals surface area contributed by atoms with Crippen LogP contribution in [-0.2, 0) is 0 Å². The molecule has 0 spiro atoms. The summed E-state index contributed by atoms with van der Waals surface area (Å²) in [7, 11) is 0. The maximum Gasteiger partial charge on any atom is 0.354 e. The highest BCUT2D eigenvalue weighted by molar-refractivity contribution is 6.33. The van der Waals surface area contributed by atoms with Gasteiger partial charge in [0.05, 0.1) is 16.4 Å². The quantitative estimate of drug-likeness (QED) is 0.805. The highest BCUT2D eigenvalue weighted by atomic mass is 35.5. The molecule has 2 aromatic rings. The number of nitrogens with zero attached hydrogens (tertiary/aromatic N) is 1. The van der Waals surface area contributed by atoms with E-state index in [0.717, 1.165) is 6.07 Å². The molecule has 0 aliphatic rings. The number of carboxylic acids is 1. The van der Waals surface area contributed by atoms with Crippen LogP contribution >= 0.6 is 11.6 Å². The number of aromatic nitrogens is 1. The van der Waals surface area contributed by atoms with Crippen LogP contribution in [0.25, 0.3) is 0 Å². The zero-order chi connectivity index (χ0) is 14.0. The van der Waals surface area contributed by atoms with Gasteiger partial charge in [-0.25, -0.2) is 14.2 Å².